The zero-order chi connectivity index (χ0) is 21.7. The number of urea groups is 1. The van der Waals surface area contributed by atoms with Gasteiger partial charge in [0, 0.05) is 5.70 Å². The molecular weight excluding hydrogens is 412 g/mol. The third-order valence-corrected chi connectivity index (χ3v) is 4.71. The third-order valence-electron chi connectivity index (χ3n) is 4.42. The molecule has 0 saturated carbocycles. The number of phenols is 1. The highest BCUT2D eigenvalue weighted by Gasteiger charge is 2.33. The minimum atomic E-state index is -0.840. The second kappa shape index (κ2) is 9.41. The maximum atomic E-state index is 12.8. The van der Waals surface area contributed by atoms with Crippen LogP contribution in [0.1, 0.15) is 18.5 Å². The number of hydrogen-bond acceptors (Lipinski definition) is 6. The Bertz CT molecular complexity index is 977. The Morgan fingerprint density at radius 2 is 1.93 bits per heavy atom. The van der Waals surface area contributed by atoms with Crippen LogP contribution in [0.3, 0.4) is 0 Å². The minimum absolute atomic E-state index is 0.0187. The number of allylic oxidation sites excluding steroid dienone is 1. The van der Waals surface area contributed by atoms with Crippen LogP contribution >= 0.6 is 11.6 Å². The van der Waals surface area contributed by atoms with Gasteiger partial charge in [0.1, 0.15) is 19.0 Å². The number of amides is 2. The van der Waals surface area contributed by atoms with Crippen LogP contribution in [0.2, 0.25) is 5.02 Å². The second-order valence-corrected chi connectivity index (χ2v) is 6.83. The number of para-hydroxylation sites is 1. The van der Waals surface area contributed by atoms with E-state index in [1.54, 1.807) is 19.1 Å². The molecule has 1 aliphatic rings. The highest BCUT2D eigenvalue weighted by atomic mass is 35.5. The summed E-state index contributed by atoms with van der Waals surface area (Å²) in [6, 6.07) is 10.8. The fraction of sp³-hybridized carbons (Fsp3) is 0.238. The quantitative estimate of drug-likeness (QED) is 0.458. The number of phenolic OH excluding ortho intramolecular Hbond substituents is 1. The molecule has 2 aromatic carbocycles. The lowest BCUT2D eigenvalue weighted by Crippen LogP contribution is -2.45. The number of methoxy groups -OCH3 is 1. The predicted octanol–water partition coefficient (Wildman–Crippen LogP) is 3.30. The van der Waals surface area contributed by atoms with E-state index in [-0.39, 0.29) is 35.3 Å². The number of benzene rings is 2. The van der Waals surface area contributed by atoms with Crippen LogP contribution in [-0.2, 0) is 9.53 Å². The maximum Gasteiger partial charge on any atom is 0.338 e. The van der Waals surface area contributed by atoms with Crippen molar-refractivity contribution in [2.45, 2.75) is 13.0 Å². The first-order chi connectivity index (χ1) is 14.4. The summed E-state index contributed by atoms with van der Waals surface area (Å²) >= 11 is 6.07. The van der Waals surface area contributed by atoms with Crippen LogP contribution in [0.25, 0.3) is 0 Å². The van der Waals surface area contributed by atoms with E-state index in [4.69, 9.17) is 25.8 Å². The number of halogens is 1. The molecule has 0 bridgehead atoms. The van der Waals surface area contributed by atoms with Gasteiger partial charge in [-0.1, -0.05) is 29.8 Å². The van der Waals surface area contributed by atoms with Crippen molar-refractivity contribution in [3.05, 3.63) is 64.3 Å². The van der Waals surface area contributed by atoms with Crippen molar-refractivity contribution >= 4 is 23.6 Å². The summed E-state index contributed by atoms with van der Waals surface area (Å²) in [5, 5.41) is 15.2. The van der Waals surface area contributed by atoms with Crippen LogP contribution in [0, 0.1) is 0 Å². The summed E-state index contributed by atoms with van der Waals surface area (Å²) in [5.74, 6) is -0.0675. The van der Waals surface area contributed by atoms with Gasteiger partial charge in [0.25, 0.3) is 0 Å². The topological polar surface area (TPSA) is 106 Å². The molecule has 3 rings (SSSR count). The lowest BCUT2D eigenvalue weighted by atomic mass is 9.95. The van der Waals surface area contributed by atoms with Crippen LogP contribution < -0.4 is 20.1 Å². The Labute approximate surface area is 178 Å². The summed E-state index contributed by atoms with van der Waals surface area (Å²) in [7, 11) is 1.37. The molecule has 0 unspecified atom stereocenters. The number of ether oxygens (including phenoxy) is 3. The second-order valence-electron chi connectivity index (χ2n) is 6.42. The summed E-state index contributed by atoms with van der Waals surface area (Å²) in [6.45, 7) is 1.79. The molecule has 0 aromatic heterocycles. The van der Waals surface area contributed by atoms with Crippen molar-refractivity contribution in [3.8, 4) is 17.2 Å². The van der Waals surface area contributed by atoms with Gasteiger partial charge in [-0.2, -0.15) is 0 Å². The number of esters is 1. The Hall–Kier alpha value is -3.39. The van der Waals surface area contributed by atoms with Gasteiger partial charge in [-0.3, -0.25) is 0 Å². The molecular formula is C21H21ClN2O6. The fourth-order valence-electron chi connectivity index (χ4n) is 3.02. The number of aromatic hydroxyl groups is 1. The van der Waals surface area contributed by atoms with Gasteiger partial charge in [0.05, 0.1) is 23.7 Å². The zero-order valence-corrected chi connectivity index (χ0v) is 17.2. The van der Waals surface area contributed by atoms with Crippen LogP contribution in [0.15, 0.2) is 53.7 Å². The Morgan fingerprint density at radius 1 is 1.20 bits per heavy atom. The number of carbonyl (C=O) groups excluding carboxylic acids is 2. The molecule has 2 amide bonds. The van der Waals surface area contributed by atoms with Crippen molar-refractivity contribution in [2.75, 3.05) is 20.3 Å². The van der Waals surface area contributed by atoms with Crippen molar-refractivity contribution in [1.29, 1.82) is 0 Å². The monoisotopic (exact) mass is 432 g/mol. The highest BCUT2D eigenvalue weighted by molar-refractivity contribution is 6.32. The van der Waals surface area contributed by atoms with Gasteiger partial charge in [-0.05, 0) is 36.8 Å². The molecule has 9 heteroatoms. The molecule has 1 atom stereocenters. The molecule has 0 spiro atoms. The van der Waals surface area contributed by atoms with Gasteiger partial charge >= 0.3 is 12.0 Å². The molecule has 2 aromatic rings. The van der Waals surface area contributed by atoms with Crippen molar-refractivity contribution in [1.82, 2.24) is 10.6 Å². The zero-order valence-electron chi connectivity index (χ0n) is 16.4. The highest BCUT2D eigenvalue weighted by Crippen LogP contribution is 2.39. The van der Waals surface area contributed by atoms with Crippen molar-refractivity contribution < 1.29 is 28.9 Å². The minimum Gasteiger partial charge on any atom is -0.503 e. The van der Waals surface area contributed by atoms with E-state index in [2.05, 4.69) is 10.6 Å². The van der Waals surface area contributed by atoms with Gasteiger partial charge in [0.15, 0.2) is 11.5 Å². The van der Waals surface area contributed by atoms with Crippen molar-refractivity contribution in [2.24, 2.45) is 0 Å². The van der Waals surface area contributed by atoms with E-state index in [0.717, 1.165) is 0 Å². The van der Waals surface area contributed by atoms with Crippen molar-refractivity contribution in [3.63, 3.8) is 0 Å². The van der Waals surface area contributed by atoms with Gasteiger partial charge in [0.2, 0.25) is 0 Å². The van der Waals surface area contributed by atoms with E-state index >= 15 is 0 Å². The van der Waals surface area contributed by atoms with Crippen LogP contribution in [0.5, 0.6) is 17.2 Å². The van der Waals surface area contributed by atoms with E-state index < -0.39 is 18.0 Å². The number of nitrogens with one attached hydrogen (secondary N) is 2. The molecule has 0 fully saturated rings. The van der Waals surface area contributed by atoms with Gasteiger partial charge in [-0.25, -0.2) is 9.59 Å². The van der Waals surface area contributed by atoms with E-state index in [0.29, 0.717) is 17.0 Å². The molecule has 30 heavy (non-hydrogen) atoms. The lowest BCUT2D eigenvalue weighted by molar-refractivity contribution is -0.140. The number of rotatable bonds is 7. The molecule has 1 aliphatic heterocycles. The molecule has 0 saturated heterocycles. The van der Waals surface area contributed by atoms with Crippen LogP contribution in [0.4, 0.5) is 4.79 Å². The summed E-state index contributed by atoms with van der Waals surface area (Å²) in [6.07, 6.45) is 0. The molecule has 0 aliphatic carbocycles. The average molecular weight is 433 g/mol. The average Bonchev–Trinajstić information content (AvgIpc) is 2.73. The van der Waals surface area contributed by atoms with E-state index in [1.165, 1.54) is 19.2 Å². The first-order valence-corrected chi connectivity index (χ1v) is 9.48. The molecule has 8 nitrogen and oxygen atoms in total. The number of hydrogen-bond donors (Lipinski definition) is 3. The van der Waals surface area contributed by atoms with Gasteiger partial charge in [-0.15, -0.1) is 0 Å². The normalized spacial score (nSPS) is 15.8. The SMILES string of the molecule is COc1cc([C@@H]2NC(=O)NC(C)=C2C(=O)OCCOc2ccccc2)cc(Cl)c1O. The largest absolute Gasteiger partial charge is 0.503 e. The van der Waals surface area contributed by atoms with E-state index in [1.807, 2.05) is 18.2 Å². The predicted molar refractivity (Wildman–Crippen MR) is 110 cm³/mol. The van der Waals surface area contributed by atoms with Crippen LogP contribution in [-0.4, -0.2) is 37.4 Å². The Balaban J connectivity index is 1.76. The first-order valence-electron chi connectivity index (χ1n) is 9.10. The summed E-state index contributed by atoms with van der Waals surface area (Å²) < 4.78 is 16.0. The standard InChI is InChI=1S/C21H21ClN2O6/c1-12-17(20(26)30-9-8-29-14-6-4-3-5-7-14)18(24-21(27)23-12)13-10-15(22)19(25)16(11-13)28-2/h3-7,10-11,18,25H,8-9H2,1-2H3,(H2,23,24,27)/t18-/m0/s1. The third kappa shape index (κ3) is 4.77. The smallest absolute Gasteiger partial charge is 0.338 e. The maximum absolute atomic E-state index is 12.8. The van der Waals surface area contributed by atoms with E-state index in [9.17, 15) is 14.7 Å². The number of carbonyl (C=O) groups is 2. The summed E-state index contributed by atoms with van der Waals surface area (Å²) in [4.78, 5) is 24.8. The summed E-state index contributed by atoms with van der Waals surface area (Å²) in [5.41, 5.74) is 1.01. The molecule has 1 heterocycles. The molecule has 3 N–H and O–H groups in total. The molecule has 158 valence electrons. The fourth-order valence-corrected chi connectivity index (χ4v) is 3.24. The Morgan fingerprint density at radius 3 is 2.63 bits per heavy atom. The van der Waals surface area contributed by atoms with Gasteiger partial charge < -0.3 is 30.0 Å². The molecule has 0 radical (unpaired) electrons. The first kappa shape index (κ1) is 21.3. The lowest BCUT2D eigenvalue weighted by Gasteiger charge is -2.28. The Kier molecular flexibility index (Phi) is 6.68.